The first-order chi connectivity index (χ1) is 15.4. The fourth-order valence-electron chi connectivity index (χ4n) is 4.54. The molecule has 4 N–H and O–H groups in total. The van der Waals surface area contributed by atoms with Gasteiger partial charge in [-0.25, -0.2) is 0 Å². The molecule has 2 aromatic rings. The molecule has 2 aromatic carbocycles. The van der Waals surface area contributed by atoms with Crippen LogP contribution < -0.4 is 11.6 Å². The van der Waals surface area contributed by atoms with Crippen molar-refractivity contribution < 1.29 is 4.79 Å². The van der Waals surface area contributed by atoms with Gasteiger partial charge in [-0.05, 0) is 42.4 Å². The molecule has 5 heteroatoms. The topological polar surface area (TPSA) is 84.7 Å². The highest BCUT2D eigenvalue weighted by atomic mass is 16.2. The predicted molar refractivity (Wildman–Crippen MR) is 133 cm³/mol. The number of allylic oxidation sites excluding steroid dienone is 1. The lowest BCUT2D eigenvalue weighted by Crippen LogP contribution is -2.40. The van der Waals surface area contributed by atoms with Crippen LogP contribution >= 0.6 is 0 Å². The van der Waals surface area contributed by atoms with E-state index in [-0.39, 0.29) is 11.3 Å². The van der Waals surface area contributed by atoms with Crippen molar-refractivity contribution in [3.05, 3.63) is 71.9 Å². The van der Waals surface area contributed by atoms with E-state index in [1.807, 2.05) is 29.2 Å². The first kappa shape index (κ1) is 23.6. The Hall–Kier alpha value is -3.08. The first-order valence-electron chi connectivity index (χ1n) is 11.6. The number of nitrogens with two attached hydrogens (primary N) is 2. The molecule has 0 aliphatic heterocycles. The average molecular weight is 433 g/mol. The van der Waals surface area contributed by atoms with E-state index in [1.165, 1.54) is 0 Å². The van der Waals surface area contributed by atoms with Gasteiger partial charge in [0.25, 0.3) is 0 Å². The Morgan fingerprint density at radius 2 is 1.78 bits per heavy atom. The van der Waals surface area contributed by atoms with E-state index in [9.17, 15) is 4.79 Å². The molecule has 3 rings (SSSR count). The minimum Gasteiger partial charge on any atom is -0.382 e. The molecule has 0 heterocycles. The third-order valence-electron chi connectivity index (χ3n) is 6.62. The summed E-state index contributed by atoms with van der Waals surface area (Å²) < 4.78 is 0. The van der Waals surface area contributed by atoms with Gasteiger partial charge in [0.05, 0.1) is 6.54 Å². The normalized spacial score (nSPS) is 15.5. The van der Waals surface area contributed by atoms with Crippen LogP contribution in [0, 0.1) is 5.41 Å². The number of hydrazone groups is 1. The molecule has 0 atom stereocenters. The van der Waals surface area contributed by atoms with Gasteiger partial charge in [-0.2, -0.15) is 5.10 Å². The standard InChI is InChI=1S/C27H36N4O/c1-4-5-10-20(2)31(26(32)27(3)17-8-9-18-27)19-21-13-15-22(16-14-21)23-11-6-7-12-24(23)25(28)30-29/h6-7,11-16H,2,4-5,8-10,17-19,29H2,1,3H3,(H2,28,30). The van der Waals surface area contributed by atoms with Gasteiger partial charge in [0.1, 0.15) is 0 Å². The van der Waals surface area contributed by atoms with E-state index >= 15 is 0 Å². The van der Waals surface area contributed by atoms with Gasteiger partial charge in [0.15, 0.2) is 5.84 Å². The second-order valence-electron chi connectivity index (χ2n) is 9.09. The second-order valence-corrected chi connectivity index (χ2v) is 9.09. The molecule has 0 radical (unpaired) electrons. The summed E-state index contributed by atoms with van der Waals surface area (Å²) in [5, 5.41) is 3.65. The van der Waals surface area contributed by atoms with Crippen LogP contribution in [0.25, 0.3) is 11.1 Å². The summed E-state index contributed by atoms with van der Waals surface area (Å²) >= 11 is 0. The van der Waals surface area contributed by atoms with Crippen molar-refractivity contribution in [2.75, 3.05) is 0 Å². The number of amidine groups is 1. The van der Waals surface area contributed by atoms with Crippen molar-refractivity contribution in [1.82, 2.24) is 4.90 Å². The maximum absolute atomic E-state index is 13.5. The quantitative estimate of drug-likeness (QED) is 0.236. The second kappa shape index (κ2) is 10.5. The lowest BCUT2D eigenvalue weighted by atomic mass is 9.86. The number of nitrogens with zero attached hydrogens (tertiary/aromatic N) is 2. The lowest BCUT2D eigenvalue weighted by Gasteiger charge is -2.33. The van der Waals surface area contributed by atoms with Crippen molar-refractivity contribution in [2.24, 2.45) is 22.1 Å². The third-order valence-corrected chi connectivity index (χ3v) is 6.62. The molecule has 1 saturated carbocycles. The van der Waals surface area contributed by atoms with Crippen LogP contribution in [-0.2, 0) is 11.3 Å². The number of hydrogen-bond donors (Lipinski definition) is 2. The fourth-order valence-corrected chi connectivity index (χ4v) is 4.54. The summed E-state index contributed by atoms with van der Waals surface area (Å²) in [6.45, 7) is 9.11. The van der Waals surface area contributed by atoms with Gasteiger partial charge in [0, 0.05) is 16.7 Å². The van der Waals surface area contributed by atoms with E-state index in [2.05, 4.69) is 49.8 Å². The Bertz CT molecular complexity index is 971. The number of hydrogen-bond acceptors (Lipinski definition) is 3. The maximum Gasteiger partial charge on any atom is 0.232 e. The third kappa shape index (κ3) is 5.21. The first-order valence-corrected chi connectivity index (χ1v) is 11.6. The summed E-state index contributed by atoms with van der Waals surface area (Å²) in [4.78, 5) is 15.5. The minimum absolute atomic E-state index is 0.220. The zero-order valence-electron chi connectivity index (χ0n) is 19.4. The Labute approximate surface area is 192 Å². The Kier molecular flexibility index (Phi) is 7.73. The SMILES string of the molecule is C=C(CCCC)N(Cc1ccc(-c2ccccc2/C(N)=N/N)cc1)C(=O)C1(C)CCCC1. The smallest absolute Gasteiger partial charge is 0.232 e. The number of benzene rings is 2. The molecule has 0 spiro atoms. The largest absolute Gasteiger partial charge is 0.382 e. The van der Waals surface area contributed by atoms with Crippen molar-refractivity contribution >= 4 is 11.7 Å². The zero-order chi connectivity index (χ0) is 23.1. The summed E-state index contributed by atoms with van der Waals surface area (Å²) in [6.07, 6.45) is 7.15. The van der Waals surface area contributed by atoms with Crippen LogP contribution in [0.5, 0.6) is 0 Å². The molecule has 1 aliphatic rings. The van der Waals surface area contributed by atoms with Crippen LogP contribution in [0.2, 0.25) is 0 Å². The Morgan fingerprint density at radius 3 is 2.41 bits per heavy atom. The van der Waals surface area contributed by atoms with Gasteiger partial charge >= 0.3 is 0 Å². The summed E-state index contributed by atoms with van der Waals surface area (Å²) in [5.41, 5.74) is 10.5. The minimum atomic E-state index is -0.271. The number of unbranched alkanes of at least 4 members (excludes halogenated alkanes) is 1. The molecule has 170 valence electrons. The van der Waals surface area contributed by atoms with Gasteiger partial charge in [0.2, 0.25) is 5.91 Å². The van der Waals surface area contributed by atoms with Crippen LogP contribution in [0.15, 0.2) is 65.9 Å². The predicted octanol–water partition coefficient (Wildman–Crippen LogP) is 5.55. The van der Waals surface area contributed by atoms with Gasteiger partial charge < -0.3 is 16.5 Å². The number of amides is 1. The van der Waals surface area contributed by atoms with Gasteiger partial charge in [-0.15, -0.1) is 0 Å². The Morgan fingerprint density at radius 1 is 1.12 bits per heavy atom. The van der Waals surface area contributed by atoms with E-state index < -0.39 is 0 Å². The molecular formula is C27H36N4O. The van der Waals surface area contributed by atoms with Crippen LogP contribution in [-0.4, -0.2) is 16.6 Å². The number of rotatable bonds is 9. The molecule has 0 bridgehead atoms. The van der Waals surface area contributed by atoms with Crippen molar-refractivity contribution in [1.29, 1.82) is 0 Å². The lowest BCUT2D eigenvalue weighted by molar-refractivity contribution is -0.139. The highest BCUT2D eigenvalue weighted by Gasteiger charge is 2.39. The van der Waals surface area contributed by atoms with Crippen LogP contribution in [0.1, 0.15) is 69.9 Å². The average Bonchev–Trinajstić information content (AvgIpc) is 3.28. The van der Waals surface area contributed by atoms with Crippen molar-refractivity contribution in [3.63, 3.8) is 0 Å². The van der Waals surface area contributed by atoms with E-state index in [1.54, 1.807) is 0 Å². The highest BCUT2D eigenvalue weighted by molar-refractivity contribution is 6.03. The highest BCUT2D eigenvalue weighted by Crippen LogP contribution is 2.40. The van der Waals surface area contributed by atoms with E-state index in [0.29, 0.717) is 12.4 Å². The molecule has 0 saturated heterocycles. The maximum atomic E-state index is 13.5. The zero-order valence-corrected chi connectivity index (χ0v) is 19.4. The summed E-state index contributed by atoms with van der Waals surface area (Å²) in [5.74, 6) is 5.92. The van der Waals surface area contributed by atoms with Crippen molar-refractivity contribution in [3.8, 4) is 11.1 Å². The Balaban J connectivity index is 1.85. The fraction of sp³-hybridized carbons (Fsp3) is 0.407. The number of carbonyl (C=O) groups excluding carboxylic acids is 1. The van der Waals surface area contributed by atoms with Gasteiger partial charge in [-0.1, -0.05) is 88.2 Å². The van der Waals surface area contributed by atoms with Crippen molar-refractivity contribution in [2.45, 2.75) is 65.3 Å². The van der Waals surface area contributed by atoms with Crippen LogP contribution in [0.4, 0.5) is 0 Å². The molecule has 5 nitrogen and oxygen atoms in total. The number of carbonyl (C=O) groups is 1. The molecular weight excluding hydrogens is 396 g/mol. The van der Waals surface area contributed by atoms with E-state index in [0.717, 1.165) is 72.9 Å². The summed E-state index contributed by atoms with van der Waals surface area (Å²) in [6, 6.07) is 16.1. The monoisotopic (exact) mass is 432 g/mol. The van der Waals surface area contributed by atoms with Gasteiger partial charge in [-0.3, -0.25) is 4.79 Å². The molecule has 1 amide bonds. The molecule has 32 heavy (non-hydrogen) atoms. The molecule has 0 unspecified atom stereocenters. The molecule has 1 aliphatic carbocycles. The molecule has 0 aromatic heterocycles. The van der Waals surface area contributed by atoms with E-state index in [4.69, 9.17) is 11.6 Å². The summed E-state index contributed by atoms with van der Waals surface area (Å²) in [7, 11) is 0. The van der Waals surface area contributed by atoms with Crippen LogP contribution in [0.3, 0.4) is 0 Å². The molecule has 1 fully saturated rings.